The Labute approximate surface area is 334 Å². The molecule has 1 aromatic rings. The number of likely N-dealkylation sites (N-methyl/N-ethyl adjacent to an activating group) is 2. The van der Waals surface area contributed by atoms with Crippen LogP contribution in [0.5, 0.6) is 5.75 Å². The molecule has 3 amide bonds. The maximum Gasteiger partial charge on any atom is 0.409 e. The average molecular weight is 809 g/mol. The number of esters is 1. The van der Waals surface area contributed by atoms with E-state index in [4.69, 9.17) is 35.3 Å². The van der Waals surface area contributed by atoms with Crippen molar-refractivity contribution >= 4 is 53.8 Å². The Morgan fingerprint density at radius 3 is 2.55 bits per heavy atom. The van der Waals surface area contributed by atoms with Gasteiger partial charge in [-0.1, -0.05) is 42.3 Å². The number of epoxide rings is 1. The second kappa shape index (κ2) is 18.3. The largest absolute Gasteiger partial charge is 0.495 e. The van der Waals surface area contributed by atoms with Crippen molar-refractivity contribution in [2.45, 2.75) is 108 Å². The van der Waals surface area contributed by atoms with Gasteiger partial charge in [0.05, 0.1) is 25.3 Å². The number of ether oxygens (including phenoxy) is 5. The highest BCUT2D eigenvalue weighted by molar-refractivity contribution is 7.80. The quantitative estimate of drug-likeness (QED) is 0.177. The molecule has 55 heavy (non-hydrogen) atoms. The van der Waals surface area contributed by atoms with Crippen molar-refractivity contribution in [2.75, 3.05) is 52.6 Å². The van der Waals surface area contributed by atoms with Gasteiger partial charge in [0.2, 0.25) is 11.8 Å². The lowest BCUT2D eigenvalue weighted by molar-refractivity contribution is -0.159. The molecule has 3 aliphatic heterocycles. The monoisotopic (exact) mass is 808 g/mol. The Morgan fingerprint density at radius 2 is 1.91 bits per heavy atom. The predicted octanol–water partition coefficient (Wildman–Crippen LogP) is 4.15. The number of anilines is 1. The van der Waals surface area contributed by atoms with E-state index < -0.39 is 65.7 Å². The number of nitrogens with zero attached hydrogens (tertiary/aromatic N) is 3. The molecule has 0 radical (unpaired) electrons. The van der Waals surface area contributed by atoms with Crippen LogP contribution in [0.3, 0.4) is 0 Å². The zero-order chi connectivity index (χ0) is 41.0. The molecule has 3 aliphatic rings. The van der Waals surface area contributed by atoms with E-state index in [1.807, 2.05) is 32.9 Å². The third-order valence-electron chi connectivity index (χ3n) is 11.1. The fourth-order valence-corrected chi connectivity index (χ4v) is 7.74. The maximum atomic E-state index is 14.2. The zero-order valence-electron chi connectivity index (χ0n) is 33.5. The van der Waals surface area contributed by atoms with Crippen LogP contribution in [0.1, 0.15) is 59.4 Å². The van der Waals surface area contributed by atoms with Crippen molar-refractivity contribution in [2.24, 2.45) is 5.92 Å². The van der Waals surface area contributed by atoms with E-state index in [-0.39, 0.29) is 29.8 Å². The van der Waals surface area contributed by atoms with Crippen LogP contribution in [0.2, 0.25) is 5.02 Å². The van der Waals surface area contributed by atoms with Crippen LogP contribution in [-0.2, 0) is 39.8 Å². The Kier molecular flexibility index (Phi) is 14.8. The van der Waals surface area contributed by atoms with E-state index >= 15 is 0 Å². The Bertz CT molecular complexity index is 1660. The molecule has 0 saturated carbocycles. The van der Waals surface area contributed by atoms with Gasteiger partial charge in [-0.2, -0.15) is 12.6 Å². The van der Waals surface area contributed by atoms with Gasteiger partial charge in [-0.15, -0.1) is 0 Å². The number of halogens is 1. The van der Waals surface area contributed by atoms with Crippen molar-refractivity contribution in [3.8, 4) is 5.75 Å². The molecule has 2 saturated heterocycles. The van der Waals surface area contributed by atoms with Crippen molar-refractivity contribution in [3.63, 3.8) is 0 Å². The molecule has 0 spiro atoms. The number of alkyl carbamates (subject to hydrolysis) is 1. The summed E-state index contributed by atoms with van der Waals surface area (Å²) in [6.07, 6.45) is 1.42. The van der Waals surface area contributed by atoms with E-state index in [2.05, 4.69) is 17.9 Å². The fourth-order valence-electron chi connectivity index (χ4n) is 7.24. The second-order valence-corrected chi connectivity index (χ2v) is 16.0. The van der Waals surface area contributed by atoms with E-state index in [1.165, 1.54) is 19.1 Å². The highest BCUT2D eigenvalue weighted by Gasteiger charge is 2.64. The molecule has 1 aromatic carbocycles. The smallest absolute Gasteiger partial charge is 0.409 e. The van der Waals surface area contributed by atoms with E-state index in [0.717, 1.165) is 11.1 Å². The first kappa shape index (κ1) is 44.4. The van der Waals surface area contributed by atoms with Crippen molar-refractivity contribution in [1.82, 2.24) is 15.1 Å². The van der Waals surface area contributed by atoms with Gasteiger partial charge in [0.1, 0.15) is 40.7 Å². The van der Waals surface area contributed by atoms with E-state index in [9.17, 15) is 24.3 Å². The van der Waals surface area contributed by atoms with Crippen LogP contribution in [0.25, 0.3) is 0 Å². The number of fused-ring (bicyclic) bond motifs is 5. The van der Waals surface area contributed by atoms with Gasteiger partial charge in [0.15, 0.2) is 5.72 Å². The summed E-state index contributed by atoms with van der Waals surface area (Å²) in [4.78, 5) is 58.3. The summed E-state index contributed by atoms with van der Waals surface area (Å²) in [5, 5.41) is 14.5. The minimum atomic E-state index is -1.82. The van der Waals surface area contributed by atoms with Crippen molar-refractivity contribution < 1.29 is 48.0 Å². The molecule has 0 aromatic heterocycles. The summed E-state index contributed by atoms with van der Waals surface area (Å²) in [5.74, 6) is -0.752. The molecular formula is C39H57ClN4O10S. The lowest BCUT2D eigenvalue weighted by Gasteiger charge is -2.42. The summed E-state index contributed by atoms with van der Waals surface area (Å²) in [6, 6.07) is 2.64. The van der Waals surface area contributed by atoms with Crippen LogP contribution in [-0.4, -0.2) is 134 Å². The molecule has 9 unspecified atom stereocenters. The maximum absolute atomic E-state index is 14.2. The molecule has 4 rings (SSSR count). The number of allylic oxidation sites excluding steroid dienone is 3. The third kappa shape index (κ3) is 10.2. The van der Waals surface area contributed by atoms with Gasteiger partial charge in [0, 0.05) is 52.6 Å². The number of carbonyl (C=O) groups is 4. The molecule has 4 bridgehead atoms. The van der Waals surface area contributed by atoms with Crippen molar-refractivity contribution in [3.05, 3.63) is 46.5 Å². The van der Waals surface area contributed by atoms with Gasteiger partial charge in [0.25, 0.3) is 0 Å². The first-order valence-corrected chi connectivity index (χ1v) is 19.5. The van der Waals surface area contributed by atoms with Gasteiger partial charge < -0.3 is 38.6 Å². The molecule has 3 heterocycles. The molecule has 16 heteroatoms. The summed E-state index contributed by atoms with van der Waals surface area (Å²) < 4.78 is 29.4. The van der Waals surface area contributed by atoms with Crippen LogP contribution >= 0.6 is 24.2 Å². The molecule has 14 nitrogen and oxygen atoms in total. The van der Waals surface area contributed by atoms with Crippen LogP contribution in [0, 0.1) is 5.92 Å². The minimum absolute atomic E-state index is 0.0391. The Hall–Kier alpha value is -3.34. The second-order valence-electron chi connectivity index (χ2n) is 15.2. The molecule has 306 valence electrons. The molecule has 2 fully saturated rings. The summed E-state index contributed by atoms with van der Waals surface area (Å²) >= 11 is 10.9. The van der Waals surface area contributed by atoms with Crippen molar-refractivity contribution in [1.29, 1.82) is 0 Å². The van der Waals surface area contributed by atoms with Crippen LogP contribution < -0.4 is 15.0 Å². The fraction of sp³-hybridized carbons (Fsp3) is 0.641. The summed E-state index contributed by atoms with van der Waals surface area (Å²) in [7, 11) is 8.01. The van der Waals surface area contributed by atoms with Gasteiger partial charge >= 0.3 is 12.1 Å². The first-order valence-electron chi connectivity index (χ1n) is 18.5. The highest BCUT2D eigenvalue weighted by atomic mass is 35.5. The average Bonchev–Trinajstić information content (AvgIpc) is 3.83. The Balaban J connectivity index is 1.71. The number of hydrogen-bond donors (Lipinski definition) is 3. The number of thiol groups is 1. The Morgan fingerprint density at radius 1 is 1.22 bits per heavy atom. The standard InChI is InChI=1S/C39H57ClN4O10S/c1-22-12-11-13-30(51-10)39(49)20-29(52-37(48)41-39)24(3)35-38(5,54-35)31(19-33(46)44(8)27-17-26(16-22)18-28(50-9)34(27)40)53-36(47)25(4)42(6)21-23(2)43(7)32(45)14-15-55/h11-13,17-18,23-25,29-31,35,49,55H,14-16,19-21H2,1-10H3,(H,41,48)/b13-11+,22-12+. The number of methoxy groups -OCH3 is 2. The van der Waals surface area contributed by atoms with Crippen LogP contribution in [0.15, 0.2) is 35.9 Å². The minimum Gasteiger partial charge on any atom is -0.495 e. The number of carbonyl (C=O) groups excluding carboxylic acids is 4. The third-order valence-corrected chi connectivity index (χ3v) is 11.7. The molecule has 0 aliphatic carbocycles. The highest BCUT2D eigenvalue weighted by Crippen LogP contribution is 2.49. The number of benzene rings is 1. The van der Waals surface area contributed by atoms with Crippen LogP contribution in [0.4, 0.5) is 10.5 Å². The SMILES string of the molecule is COc1cc2cc(c1Cl)N(C)C(=O)CC(OC(=O)C(C)N(C)CC(C)N(C)C(=O)CCS)C1(C)OC1C(C)C1CC(O)(NC(=O)O1)C(OC)/C=C/C=C(\C)C2. The molecule has 2 N–H and O–H groups in total. The van der Waals surface area contributed by atoms with E-state index in [0.29, 0.717) is 36.6 Å². The number of aliphatic hydroxyl groups is 1. The zero-order valence-corrected chi connectivity index (χ0v) is 35.1. The number of rotatable bonds is 10. The lowest BCUT2D eigenvalue weighted by atomic mass is 9.83. The summed E-state index contributed by atoms with van der Waals surface area (Å²) in [5.41, 5.74) is -0.840. The normalized spacial score (nSPS) is 31.2. The topological polar surface area (TPSA) is 160 Å². The number of amides is 3. The van der Waals surface area contributed by atoms with Gasteiger partial charge in [-0.05, 0) is 64.6 Å². The molecule has 9 atom stereocenters. The molecular weight excluding hydrogens is 752 g/mol. The van der Waals surface area contributed by atoms with E-state index in [1.54, 1.807) is 63.0 Å². The number of hydrogen-bond acceptors (Lipinski definition) is 12. The summed E-state index contributed by atoms with van der Waals surface area (Å²) in [6.45, 7) is 9.46. The van der Waals surface area contributed by atoms with Gasteiger partial charge in [-0.25, -0.2) is 4.79 Å². The first-order chi connectivity index (χ1) is 25.8. The predicted molar refractivity (Wildman–Crippen MR) is 212 cm³/mol. The van der Waals surface area contributed by atoms with Gasteiger partial charge in [-0.3, -0.25) is 24.6 Å². The lowest BCUT2D eigenvalue weighted by Crippen LogP contribution is -2.63. The number of nitrogens with one attached hydrogen (secondary N) is 1.